The third-order valence-electron chi connectivity index (χ3n) is 3.33. The minimum atomic E-state index is -0.000422. The Bertz CT molecular complexity index is 866. The third kappa shape index (κ3) is 3.77. The molecule has 0 saturated carbocycles. The second-order valence-corrected chi connectivity index (χ2v) is 6.29. The van der Waals surface area contributed by atoms with Gasteiger partial charge in [-0.05, 0) is 30.3 Å². The first-order valence-corrected chi connectivity index (χ1v) is 8.50. The highest BCUT2D eigenvalue weighted by Crippen LogP contribution is 2.23. The number of halogens is 1. The van der Waals surface area contributed by atoms with Gasteiger partial charge in [0.2, 0.25) is 0 Å². The molecule has 0 atom stereocenters. The molecule has 0 aliphatic heterocycles. The van der Waals surface area contributed by atoms with Gasteiger partial charge in [0.25, 0.3) is 0 Å². The number of hydrogen-bond donors (Lipinski definition) is 0. The van der Waals surface area contributed by atoms with Crippen molar-refractivity contribution in [1.82, 2.24) is 14.8 Å². The average Bonchev–Trinajstić information content (AvgIpc) is 3.08. The molecule has 0 aliphatic carbocycles. The normalized spacial score (nSPS) is 10.6. The van der Waals surface area contributed by atoms with Gasteiger partial charge >= 0.3 is 0 Å². The van der Waals surface area contributed by atoms with Crippen LogP contribution in [0.15, 0.2) is 60.0 Å². The van der Waals surface area contributed by atoms with E-state index in [0.717, 1.165) is 5.69 Å². The monoisotopic (exact) mass is 359 g/mol. The molecule has 5 nitrogen and oxygen atoms in total. The maximum absolute atomic E-state index is 12.4. The van der Waals surface area contributed by atoms with Gasteiger partial charge in [-0.25, -0.2) is 0 Å². The van der Waals surface area contributed by atoms with Crippen LogP contribution < -0.4 is 4.74 Å². The predicted octanol–water partition coefficient (Wildman–Crippen LogP) is 3.90. The number of methoxy groups -OCH3 is 1. The van der Waals surface area contributed by atoms with E-state index in [4.69, 9.17) is 16.3 Å². The number of carbonyl (C=O) groups is 1. The summed E-state index contributed by atoms with van der Waals surface area (Å²) in [4.78, 5) is 12.4. The minimum absolute atomic E-state index is 0.000422. The van der Waals surface area contributed by atoms with Crippen molar-refractivity contribution in [3.63, 3.8) is 0 Å². The van der Waals surface area contributed by atoms with E-state index in [2.05, 4.69) is 10.2 Å². The fraction of sp³-hybridized carbons (Fsp3) is 0.118. The average molecular weight is 360 g/mol. The van der Waals surface area contributed by atoms with E-state index >= 15 is 0 Å². The van der Waals surface area contributed by atoms with Crippen LogP contribution in [0.5, 0.6) is 5.75 Å². The summed E-state index contributed by atoms with van der Waals surface area (Å²) in [6.45, 7) is 0. The highest BCUT2D eigenvalue weighted by Gasteiger charge is 2.12. The van der Waals surface area contributed by atoms with E-state index in [1.54, 1.807) is 48.3 Å². The van der Waals surface area contributed by atoms with Crippen LogP contribution in [0.25, 0.3) is 5.69 Å². The fourth-order valence-corrected chi connectivity index (χ4v) is 3.14. The van der Waals surface area contributed by atoms with Gasteiger partial charge in [-0.15, -0.1) is 10.2 Å². The maximum atomic E-state index is 12.4. The van der Waals surface area contributed by atoms with E-state index in [9.17, 15) is 4.79 Å². The lowest BCUT2D eigenvalue weighted by atomic mass is 10.1. The molecular formula is C17H14ClN3O2S. The van der Waals surface area contributed by atoms with Crippen molar-refractivity contribution >= 4 is 29.1 Å². The Balaban J connectivity index is 1.73. The smallest absolute Gasteiger partial charge is 0.196 e. The molecule has 24 heavy (non-hydrogen) atoms. The Morgan fingerprint density at radius 1 is 1.25 bits per heavy atom. The number of aromatic nitrogens is 3. The number of hydrogen-bond acceptors (Lipinski definition) is 5. The van der Waals surface area contributed by atoms with Gasteiger partial charge in [-0.1, -0.05) is 41.6 Å². The molecule has 0 N–H and O–H groups in total. The highest BCUT2D eigenvalue weighted by molar-refractivity contribution is 7.99. The van der Waals surface area contributed by atoms with Crippen LogP contribution in [0.2, 0.25) is 5.02 Å². The summed E-state index contributed by atoms with van der Waals surface area (Å²) in [5.74, 6) is 0.916. The van der Waals surface area contributed by atoms with Gasteiger partial charge in [-0.2, -0.15) is 0 Å². The third-order valence-corrected chi connectivity index (χ3v) is 4.51. The zero-order valence-electron chi connectivity index (χ0n) is 12.8. The first-order chi connectivity index (χ1) is 11.7. The number of rotatable bonds is 6. The zero-order chi connectivity index (χ0) is 16.9. The molecule has 7 heteroatoms. The molecule has 0 bridgehead atoms. The van der Waals surface area contributed by atoms with Crippen molar-refractivity contribution in [3.8, 4) is 11.4 Å². The first-order valence-electron chi connectivity index (χ1n) is 7.13. The molecular weight excluding hydrogens is 346 g/mol. The molecule has 0 unspecified atom stereocenters. The number of benzene rings is 2. The number of nitrogens with zero attached hydrogens (tertiary/aromatic N) is 3. The largest absolute Gasteiger partial charge is 0.497 e. The van der Waals surface area contributed by atoms with Crippen molar-refractivity contribution < 1.29 is 9.53 Å². The minimum Gasteiger partial charge on any atom is -0.497 e. The fourth-order valence-electron chi connectivity index (χ4n) is 2.14. The van der Waals surface area contributed by atoms with Gasteiger partial charge in [0, 0.05) is 10.6 Å². The lowest BCUT2D eigenvalue weighted by Crippen LogP contribution is -2.04. The Kier molecular flexibility index (Phi) is 5.17. The highest BCUT2D eigenvalue weighted by atomic mass is 35.5. The maximum Gasteiger partial charge on any atom is 0.196 e. The summed E-state index contributed by atoms with van der Waals surface area (Å²) in [5, 5.41) is 9.26. The van der Waals surface area contributed by atoms with Crippen molar-refractivity contribution in [2.45, 2.75) is 5.16 Å². The molecule has 3 rings (SSSR count). The summed E-state index contributed by atoms with van der Waals surface area (Å²) >= 11 is 7.35. The molecule has 0 spiro atoms. The van der Waals surface area contributed by atoms with Crippen molar-refractivity contribution in [2.24, 2.45) is 0 Å². The topological polar surface area (TPSA) is 57.0 Å². The van der Waals surface area contributed by atoms with Crippen LogP contribution in [0.4, 0.5) is 0 Å². The Morgan fingerprint density at radius 2 is 2.08 bits per heavy atom. The number of ketones is 1. The number of thioether (sulfide) groups is 1. The summed E-state index contributed by atoms with van der Waals surface area (Å²) in [6.07, 6.45) is 1.60. The van der Waals surface area contributed by atoms with E-state index < -0.39 is 0 Å². The van der Waals surface area contributed by atoms with Crippen molar-refractivity contribution in [2.75, 3.05) is 12.9 Å². The Hall–Kier alpha value is -2.31. The lowest BCUT2D eigenvalue weighted by Gasteiger charge is -2.07. The van der Waals surface area contributed by atoms with E-state index in [1.165, 1.54) is 11.8 Å². The van der Waals surface area contributed by atoms with Gasteiger partial charge in [-0.3, -0.25) is 9.36 Å². The van der Waals surface area contributed by atoms with E-state index in [-0.39, 0.29) is 11.5 Å². The van der Waals surface area contributed by atoms with E-state index in [1.807, 2.05) is 18.2 Å². The number of carbonyl (C=O) groups excluding carboxylic acids is 1. The standard InChI is InChI=1S/C17H14ClN3O2S/c1-23-15-7-2-4-12(8-15)16(22)10-24-17-20-19-11-21(17)14-6-3-5-13(18)9-14/h2-9,11H,10H2,1H3. The lowest BCUT2D eigenvalue weighted by molar-refractivity contribution is 0.102. The van der Waals surface area contributed by atoms with Gasteiger partial charge in [0.05, 0.1) is 18.6 Å². The van der Waals surface area contributed by atoms with Gasteiger partial charge < -0.3 is 4.74 Å². The van der Waals surface area contributed by atoms with Crippen LogP contribution in [0.3, 0.4) is 0 Å². The number of ether oxygens (including phenoxy) is 1. The second-order valence-electron chi connectivity index (χ2n) is 4.91. The molecule has 0 fully saturated rings. The molecule has 3 aromatic rings. The number of Topliss-reactive ketones (excluding diaryl/α,β-unsaturated/α-hetero) is 1. The van der Waals surface area contributed by atoms with Gasteiger partial charge in [0.15, 0.2) is 10.9 Å². The Morgan fingerprint density at radius 3 is 2.88 bits per heavy atom. The summed E-state index contributed by atoms with van der Waals surface area (Å²) in [6, 6.07) is 14.5. The van der Waals surface area contributed by atoms with Crippen LogP contribution >= 0.6 is 23.4 Å². The zero-order valence-corrected chi connectivity index (χ0v) is 14.4. The first kappa shape index (κ1) is 16.5. The van der Waals surface area contributed by atoms with Crippen LogP contribution in [0, 0.1) is 0 Å². The molecule has 0 saturated heterocycles. The quantitative estimate of drug-likeness (QED) is 0.493. The van der Waals surface area contributed by atoms with Crippen LogP contribution in [-0.4, -0.2) is 33.4 Å². The molecule has 1 aromatic heterocycles. The Labute approximate surface area is 148 Å². The van der Waals surface area contributed by atoms with Crippen LogP contribution in [-0.2, 0) is 0 Å². The van der Waals surface area contributed by atoms with Crippen LogP contribution in [0.1, 0.15) is 10.4 Å². The van der Waals surface area contributed by atoms with Gasteiger partial charge in [0.1, 0.15) is 12.1 Å². The van der Waals surface area contributed by atoms with E-state index in [0.29, 0.717) is 21.5 Å². The predicted molar refractivity (Wildman–Crippen MR) is 94.4 cm³/mol. The SMILES string of the molecule is COc1cccc(C(=O)CSc2nncn2-c2cccc(Cl)c2)c1. The molecule has 122 valence electrons. The summed E-state index contributed by atoms with van der Waals surface area (Å²) < 4.78 is 6.95. The summed E-state index contributed by atoms with van der Waals surface area (Å²) in [7, 11) is 1.58. The second kappa shape index (κ2) is 7.51. The molecule has 0 amide bonds. The van der Waals surface area contributed by atoms with Crippen molar-refractivity contribution in [1.29, 1.82) is 0 Å². The molecule has 0 radical (unpaired) electrons. The molecule has 1 heterocycles. The molecule has 2 aromatic carbocycles. The molecule has 0 aliphatic rings. The van der Waals surface area contributed by atoms with Crippen molar-refractivity contribution in [3.05, 3.63) is 65.4 Å². The summed E-state index contributed by atoms with van der Waals surface area (Å²) in [5.41, 5.74) is 1.46.